The van der Waals surface area contributed by atoms with Crippen molar-refractivity contribution in [2.45, 2.75) is 59.9 Å². The van der Waals surface area contributed by atoms with Crippen LogP contribution in [0.3, 0.4) is 0 Å². The van der Waals surface area contributed by atoms with Gasteiger partial charge in [0.2, 0.25) is 0 Å². The Morgan fingerprint density at radius 1 is 1.10 bits per heavy atom. The molecule has 1 aliphatic rings. The normalized spacial score (nSPS) is 13.9. The first-order valence-electron chi connectivity index (χ1n) is 11.2. The summed E-state index contributed by atoms with van der Waals surface area (Å²) in [4.78, 5) is 44.4. The van der Waals surface area contributed by atoms with E-state index in [4.69, 9.17) is 4.74 Å². The number of ether oxygens (including phenoxy) is 1. The molecule has 0 saturated carbocycles. The van der Waals surface area contributed by atoms with E-state index in [9.17, 15) is 14.4 Å². The average molecular weight is 428 g/mol. The van der Waals surface area contributed by atoms with Gasteiger partial charge in [0.05, 0.1) is 16.5 Å². The highest BCUT2D eigenvalue weighted by molar-refractivity contribution is 5.95. The van der Waals surface area contributed by atoms with Crippen molar-refractivity contribution in [2.24, 2.45) is 11.8 Å². The van der Waals surface area contributed by atoms with Crippen molar-refractivity contribution in [1.82, 2.24) is 14.5 Å². The highest BCUT2D eigenvalue weighted by Crippen LogP contribution is 2.17. The van der Waals surface area contributed by atoms with Crippen LogP contribution in [0, 0.1) is 11.8 Å². The first-order valence-corrected chi connectivity index (χ1v) is 11.2. The molecule has 0 atom stereocenters. The molecule has 3 rings (SSSR count). The standard InChI is InChI=1S/C24H33N3O4/c1-16(2)13-26(14-17(3)4)22(28)15-31-24(30)18-9-10-19-20(12-18)25-21-8-6-5-7-11-27(21)23(19)29/h9-10,12,16-17H,5-8,11,13-15H2,1-4H3. The van der Waals surface area contributed by atoms with E-state index in [1.807, 2.05) is 0 Å². The Bertz CT molecular complexity index is 1000. The molecule has 1 aromatic heterocycles. The highest BCUT2D eigenvalue weighted by Gasteiger charge is 2.20. The number of nitrogens with zero attached hydrogens (tertiary/aromatic N) is 3. The molecule has 1 amide bonds. The first kappa shape index (κ1) is 23.0. The molecule has 0 saturated heterocycles. The Balaban J connectivity index is 1.75. The first-order chi connectivity index (χ1) is 14.8. The lowest BCUT2D eigenvalue weighted by Crippen LogP contribution is -2.39. The van der Waals surface area contributed by atoms with Gasteiger partial charge in [-0.25, -0.2) is 9.78 Å². The summed E-state index contributed by atoms with van der Waals surface area (Å²) in [6.45, 7) is 9.86. The summed E-state index contributed by atoms with van der Waals surface area (Å²) in [5, 5.41) is 0.498. The van der Waals surface area contributed by atoms with Crippen LogP contribution in [0.1, 0.15) is 63.1 Å². The molecule has 7 nitrogen and oxygen atoms in total. The SMILES string of the molecule is CC(C)CN(CC(C)C)C(=O)COC(=O)c1ccc2c(=O)n3c(nc2c1)CCCCC3. The lowest BCUT2D eigenvalue weighted by atomic mass is 10.1. The van der Waals surface area contributed by atoms with Crippen LogP contribution in [0.2, 0.25) is 0 Å². The van der Waals surface area contributed by atoms with E-state index >= 15 is 0 Å². The summed E-state index contributed by atoms with van der Waals surface area (Å²) in [6.07, 6.45) is 3.82. The van der Waals surface area contributed by atoms with Crippen LogP contribution in [0.5, 0.6) is 0 Å². The number of rotatable bonds is 7. The van der Waals surface area contributed by atoms with Crippen molar-refractivity contribution in [3.05, 3.63) is 39.9 Å². The zero-order chi connectivity index (χ0) is 22.5. The predicted octanol–water partition coefficient (Wildman–Crippen LogP) is 3.42. The summed E-state index contributed by atoms with van der Waals surface area (Å²) in [7, 11) is 0. The van der Waals surface area contributed by atoms with E-state index in [-0.39, 0.29) is 18.1 Å². The summed E-state index contributed by atoms with van der Waals surface area (Å²) >= 11 is 0. The summed E-state index contributed by atoms with van der Waals surface area (Å²) in [6, 6.07) is 4.79. The molecular weight excluding hydrogens is 394 g/mol. The van der Waals surface area contributed by atoms with Gasteiger partial charge in [0.25, 0.3) is 11.5 Å². The zero-order valence-corrected chi connectivity index (χ0v) is 19.0. The number of esters is 1. The van der Waals surface area contributed by atoms with Crippen LogP contribution in [-0.4, -0.2) is 46.0 Å². The molecule has 1 aliphatic heterocycles. The van der Waals surface area contributed by atoms with Gasteiger partial charge in [0.15, 0.2) is 6.61 Å². The Kier molecular flexibility index (Phi) is 7.46. The van der Waals surface area contributed by atoms with Gasteiger partial charge in [0, 0.05) is 26.1 Å². The van der Waals surface area contributed by atoms with E-state index in [2.05, 4.69) is 32.7 Å². The molecule has 0 bridgehead atoms. The van der Waals surface area contributed by atoms with Gasteiger partial charge in [-0.05, 0) is 42.9 Å². The van der Waals surface area contributed by atoms with Gasteiger partial charge < -0.3 is 9.64 Å². The molecule has 31 heavy (non-hydrogen) atoms. The molecule has 168 valence electrons. The van der Waals surface area contributed by atoms with Crippen LogP contribution in [0.15, 0.2) is 23.0 Å². The van der Waals surface area contributed by atoms with Crippen molar-refractivity contribution in [1.29, 1.82) is 0 Å². The van der Waals surface area contributed by atoms with Gasteiger partial charge >= 0.3 is 5.97 Å². The van der Waals surface area contributed by atoms with Gasteiger partial charge in [-0.15, -0.1) is 0 Å². The quantitative estimate of drug-likeness (QED) is 0.633. The van der Waals surface area contributed by atoms with Crippen LogP contribution < -0.4 is 5.56 Å². The topological polar surface area (TPSA) is 81.5 Å². The molecule has 1 aromatic carbocycles. The van der Waals surface area contributed by atoms with Crippen LogP contribution >= 0.6 is 0 Å². The number of amides is 1. The van der Waals surface area contributed by atoms with E-state index in [1.54, 1.807) is 27.7 Å². The molecule has 0 aliphatic carbocycles. The van der Waals surface area contributed by atoms with E-state index in [0.29, 0.717) is 47.9 Å². The second kappa shape index (κ2) is 10.1. The maximum atomic E-state index is 12.8. The number of aromatic nitrogens is 2. The maximum absolute atomic E-state index is 12.8. The summed E-state index contributed by atoms with van der Waals surface area (Å²) in [5.41, 5.74) is 0.736. The van der Waals surface area contributed by atoms with Gasteiger partial charge in [-0.3, -0.25) is 14.2 Å². The van der Waals surface area contributed by atoms with Crippen molar-refractivity contribution >= 4 is 22.8 Å². The van der Waals surface area contributed by atoms with Crippen LogP contribution in [0.4, 0.5) is 0 Å². The number of aryl methyl sites for hydroxylation is 1. The van der Waals surface area contributed by atoms with Crippen LogP contribution in [0.25, 0.3) is 10.9 Å². The Morgan fingerprint density at radius 3 is 2.48 bits per heavy atom. The molecule has 0 unspecified atom stereocenters. The largest absolute Gasteiger partial charge is 0.452 e. The molecule has 2 heterocycles. The molecule has 2 aromatic rings. The second-order valence-electron chi connectivity index (χ2n) is 9.19. The van der Waals surface area contributed by atoms with E-state index in [0.717, 1.165) is 31.5 Å². The third-order valence-electron chi connectivity index (χ3n) is 5.40. The Hall–Kier alpha value is -2.70. The van der Waals surface area contributed by atoms with Crippen molar-refractivity contribution in [3.63, 3.8) is 0 Å². The van der Waals surface area contributed by atoms with E-state index < -0.39 is 5.97 Å². The van der Waals surface area contributed by atoms with Crippen molar-refractivity contribution < 1.29 is 14.3 Å². The second-order valence-corrected chi connectivity index (χ2v) is 9.19. The number of carbonyl (C=O) groups excluding carboxylic acids is 2. The molecule has 7 heteroatoms. The monoisotopic (exact) mass is 427 g/mol. The fraction of sp³-hybridized carbons (Fsp3) is 0.583. The maximum Gasteiger partial charge on any atom is 0.338 e. The smallest absolute Gasteiger partial charge is 0.338 e. The molecule has 0 N–H and O–H groups in total. The van der Waals surface area contributed by atoms with Crippen LogP contribution in [-0.2, 0) is 22.5 Å². The number of hydrogen-bond donors (Lipinski definition) is 0. The minimum Gasteiger partial charge on any atom is -0.452 e. The lowest BCUT2D eigenvalue weighted by Gasteiger charge is -2.26. The van der Waals surface area contributed by atoms with Gasteiger partial charge in [-0.1, -0.05) is 34.1 Å². The predicted molar refractivity (Wildman–Crippen MR) is 120 cm³/mol. The number of fused-ring (bicyclic) bond motifs is 2. The molecule has 0 spiro atoms. The highest BCUT2D eigenvalue weighted by atomic mass is 16.5. The number of benzene rings is 1. The van der Waals surface area contributed by atoms with E-state index in [1.165, 1.54) is 0 Å². The van der Waals surface area contributed by atoms with Gasteiger partial charge in [0.1, 0.15) is 5.82 Å². The third kappa shape index (κ3) is 5.71. The fourth-order valence-corrected chi connectivity index (χ4v) is 4.01. The summed E-state index contributed by atoms with van der Waals surface area (Å²) in [5.74, 6) is 0.659. The average Bonchev–Trinajstić information content (AvgIpc) is 2.96. The van der Waals surface area contributed by atoms with Crippen molar-refractivity contribution in [3.8, 4) is 0 Å². The lowest BCUT2D eigenvalue weighted by molar-refractivity contribution is -0.135. The van der Waals surface area contributed by atoms with Crippen molar-refractivity contribution in [2.75, 3.05) is 19.7 Å². The molecule has 0 fully saturated rings. The third-order valence-corrected chi connectivity index (χ3v) is 5.40. The fourth-order valence-electron chi connectivity index (χ4n) is 4.01. The van der Waals surface area contributed by atoms with Gasteiger partial charge in [-0.2, -0.15) is 0 Å². The Labute approximate surface area is 183 Å². The Morgan fingerprint density at radius 2 is 1.81 bits per heavy atom. The number of carbonyl (C=O) groups is 2. The minimum atomic E-state index is -0.582. The molecular formula is C24H33N3O4. The summed E-state index contributed by atoms with van der Waals surface area (Å²) < 4.78 is 7.06. The zero-order valence-electron chi connectivity index (χ0n) is 19.0. The minimum absolute atomic E-state index is 0.0602. The number of hydrogen-bond acceptors (Lipinski definition) is 5. The molecule has 0 radical (unpaired) electrons.